The Balaban J connectivity index is -0.0000000720. The van der Waals surface area contributed by atoms with Gasteiger partial charge < -0.3 is 0 Å². The number of hydrogen-bond acceptors (Lipinski definition) is 0. The van der Waals surface area contributed by atoms with Gasteiger partial charge in [-0.15, -0.1) is 0 Å². The zero-order chi connectivity index (χ0) is 7.15. The molecular formula is C2Cl6Hg. The second-order valence-electron chi connectivity index (χ2n) is 0.429. The molecule has 0 aromatic carbocycles. The van der Waals surface area contributed by atoms with Crippen molar-refractivity contribution in [3.63, 3.8) is 0 Å². The molecule has 0 aromatic heterocycles. The maximum absolute atomic E-state index is 4.72. The first-order valence-corrected chi connectivity index (χ1v) is 3.40. The van der Waals surface area contributed by atoms with Crippen LogP contribution < -0.4 is 0 Å². The Bertz CT molecular complexity index is 26.5. The van der Waals surface area contributed by atoms with Crippen molar-refractivity contribution in [3.8, 4) is 0 Å². The molecule has 0 saturated carbocycles. The van der Waals surface area contributed by atoms with Crippen LogP contribution in [0.5, 0.6) is 0 Å². The van der Waals surface area contributed by atoms with E-state index in [9.17, 15) is 0 Å². The Hall–Kier alpha value is 2.68. The van der Waals surface area contributed by atoms with Crippen molar-refractivity contribution < 1.29 is 27.7 Å². The first kappa shape index (κ1) is 17.7. The van der Waals surface area contributed by atoms with Crippen molar-refractivity contribution >= 4 is 69.6 Å². The Morgan fingerprint density at radius 2 is 0.556 bits per heavy atom. The normalized spacial score (nSPS) is 8.00. The molecule has 2 radical (unpaired) electrons. The van der Waals surface area contributed by atoms with E-state index in [-0.39, 0.29) is 36.3 Å². The minimum atomic E-state index is -0.167. The summed E-state index contributed by atoms with van der Waals surface area (Å²) in [4.78, 5) is 0. The summed E-state index contributed by atoms with van der Waals surface area (Å²) in [6.45, 7) is 0. The van der Waals surface area contributed by atoms with Gasteiger partial charge in [0.2, 0.25) is 8.59 Å². The van der Waals surface area contributed by atoms with Crippen LogP contribution in [-0.2, 0) is 27.7 Å². The quantitative estimate of drug-likeness (QED) is 0.496. The number of rotatable bonds is 0. The number of hydrogen-bond donors (Lipinski definition) is 0. The van der Waals surface area contributed by atoms with Crippen molar-refractivity contribution in [2.45, 2.75) is 0 Å². The van der Waals surface area contributed by atoms with E-state index in [0.29, 0.717) is 0 Å². The molecule has 7 heteroatoms. The molecule has 0 spiro atoms. The zero-order valence-corrected chi connectivity index (χ0v) is 14.0. The van der Waals surface area contributed by atoms with Gasteiger partial charge in [0.25, 0.3) is 0 Å². The zero-order valence-electron chi connectivity index (χ0n) is 3.97. The maximum atomic E-state index is 4.72. The van der Waals surface area contributed by atoms with Gasteiger partial charge in [0.15, 0.2) is 0 Å². The Morgan fingerprint density at radius 1 is 0.556 bits per heavy atom. The second-order valence-corrected chi connectivity index (χ2v) is 3.86. The average molecular weight is 437 g/mol. The Kier molecular flexibility index (Phi) is 26.1. The van der Waals surface area contributed by atoms with Gasteiger partial charge in [-0.1, -0.05) is 69.6 Å². The van der Waals surface area contributed by atoms with E-state index in [0.717, 1.165) is 0 Å². The van der Waals surface area contributed by atoms with Crippen LogP contribution in [0.15, 0.2) is 0 Å². The van der Waals surface area contributed by atoms with Crippen LogP contribution >= 0.6 is 69.6 Å². The fraction of sp³-hybridized carbons (Fsp3) is 0. The van der Waals surface area contributed by atoms with E-state index >= 15 is 0 Å². The minimum absolute atomic E-state index is 0. The molecule has 0 N–H and O–H groups in total. The number of halogens is 6. The van der Waals surface area contributed by atoms with E-state index < -0.39 is 0 Å². The van der Waals surface area contributed by atoms with Crippen LogP contribution in [0.4, 0.5) is 0 Å². The second kappa shape index (κ2) is 13.3. The monoisotopic (exact) mass is 436 g/mol. The van der Waals surface area contributed by atoms with Crippen molar-refractivity contribution in [2.75, 3.05) is 0 Å². The molecule has 0 amide bonds. The first-order chi connectivity index (χ1) is 3.46. The van der Waals surface area contributed by atoms with Gasteiger partial charge in [0.05, 0.1) is 0 Å². The molecule has 0 fully saturated rings. The first-order valence-electron chi connectivity index (χ1n) is 1.13. The molecule has 0 bridgehead atoms. The molecule has 0 aliphatic rings. The van der Waals surface area contributed by atoms with Gasteiger partial charge in [-0.05, 0) is 0 Å². The van der Waals surface area contributed by atoms with E-state index in [1.165, 1.54) is 0 Å². The third kappa shape index (κ3) is 112. The van der Waals surface area contributed by atoms with Gasteiger partial charge in [0, 0.05) is 27.7 Å². The smallest absolute Gasteiger partial charge is 0.0788 e. The van der Waals surface area contributed by atoms with Crippen LogP contribution in [0.3, 0.4) is 0 Å². The SMILES string of the molecule is Cl[C](Cl)Cl.Cl[C](Cl)Cl.[Hg]. The molecule has 0 nitrogen and oxygen atoms in total. The summed E-state index contributed by atoms with van der Waals surface area (Å²) in [6.07, 6.45) is 0. The molecule has 0 rings (SSSR count). The topological polar surface area (TPSA) is 0 Å². The Labute approximate surface area is 105 Å². The molecule has 0 aliphatic carbocycles. The van der Waals surface area contributed by atoms with Gasteiger partial charge in [-0.3, -0.25) is 0 Å². The molecule has 52 valence electrons. The summed E-state index contributed by atoms with van der Waals surface area (Å²) in [5.74, 6) is 0. The van der Waals surface area contributed by atoms with E-state index in [1.807, 2.05) is 0 Å². The van der Waals surface area contributed by atoms with Crippen molar-refractivity contribution in [1.29, 1.82) is 0 Å². The van der Waals surface area contributed by atoms with Gasteiger partial charge in [-0.25, -0.2) is 0 Å². The minimum Gasteiger partial charge on any atom is -0.0788 e. The summed E-state index contributed by atoms with van der Waals surface area (Å²) >= 11 is 28.3. The van der Waals surface area contributed by atoms with Gasteiger partial charge >= 0.3 is 0 Å². The molecule has 0 unspecified atom stereocenters. The van der Waals surface area contributed by atoms with Gasteiger partial charge in [0.1, 0.15) is 0 Å². The molecule has 9 heavy (non-hydrogen) atoms. The fourth-order valence-electron chi connectivity index (χ4n) is 0. The average Bonchev–Trinajstić information content (AvgIpc) is 1.25. The largest absolute Gasteiger partial charge is 0.236 e. The van der Waals surface area contributed by atoms with Crippen molar-refractivity contribution in [2.24, 2.45) is 0 Å². The molecule has 0 aromatic rings. The standard InChI is InChI=1S/2CCl3.Hg/c2*2-1(3)4;. The third-order valence-electron chi connectivity index (χ3n) is 0. The predicted molar refractivity (Wildman–Crippen MR) is 41.6 cm³/mol. The third-order valence-corrected chi connectivity index (χ3v) is 0. The summed E-state index contributed by atoms with van der Waals surface area (Å²) in [5, 5.41) is 0. The van der Waals surface area contributed by atoms with E-state index in [4.69, 9.17) is 69.6 Å². The summed E-state index contributed by atoms with van der Waals surface area (Å²) in [6, 6.07) is 0. The van der Waals surface area contributed by atoms with Crippen LogP contribution in [0.25, 0.3) is 0 Å². The van der Waals surface area contributed by atoms with Crippen LogP contribution in [0.2, 0.25) is 0 Å². The summed E-state index contributed by atoms with van der Waals surface area (Å²) in [7, 11) is 0. The molecule has 0 aliphatic heterocycles. The molecular weight excluding hydrogens is 437 g/mol. The van der Waals surface area contributed by atoms with Crippen LogP contribution in [-0.4, -0.2) is 0 Å². The van der Waals surface area contributed by atoms with E-state index in [2.05, 4.69) is 0 Å². The molecule has 0 atom stereocenters. The summed E-state index contributed by atoms with van der Waals surface area (Å²) in [5.41, 5.74) is 0. The maximum Gasteiger partial charge on any atom is 0.236 e. The van der Waals surface area contributed by atoms with Crippen molar-refractivity contribution in [3.05, 3.63) is 8.59 Å². The van der Waals surface area contributed by atoms with Crippen LogP contribution in [0, 0.1) is 8.59 Å². The predicted octanol–water partition coefficient (Wildman–Crippen LogP) is 4.30. The van der Waals surface area contributed by atoms with E-state index in [1.54, 1.807) is 0 Å². The molecule has 0 saturated heterocycles. The fourth-order valence-corrected chi connectivity index (χ4v) is 0. The van der Waals surface area contributed by atoms with Crippen molar-refractivity contribution in [1.82, 2.24) is 0 Å². The Morgan fingerprint density at radius 3 is 0.556 bits per heavy atom. The summed E-state index contributed by atoms with van der Waals surface area (Å²) < 4.78 is -0.333. The van der Waals surface area contributed by atoms with Crippen LogP contribution in [0.1, 0.15) is 0 Å². The van der Waals surface area contributed by atoms with Gasteiger partial charge in [-0.2, -0.15) is 0 Å². The molecule has 0 heterocycles.